The van der Waals surface area contributed by atoms with Crippen LogP contribution in [0.5, 0.6) is 5.75 Å². The Labute approximate surface area is 230 Å². The maximum atomic E-state index is 12.7. The zero-order chi connectivity index (χ0) is 26.2. The van der Waals surface area contributed by atoms with E-state index in [1.807, 2.05) is 18.2 Å². The third kappa shape index (κ3) is 4.80. The van der Waals surface area contributed by atoms with E-state index < -0.39 is 10.0 Å². The Kier molecular flexibility index (Phi) is 6.86. The lowest BCUT2D eigenvalue weighted by Gasteiger charge is -2.45. The van der Waals surface area contributed by atoms with Gasteiger partial charge >= 0.3 is 0 Å². The van der Waals surface area contributed by atoms with Crippen LogP contribution in [-0.2, 0) is 21.9 Å². The number of halogens is 1. The molecular formula is C28H26ClN3O4S2. The average Bonchev–Trinajstić information content (AvgIpc) is 3.60. The summed E-state index contributed by atoms with van der Waals surface area (Å²) in [5.41, 5.74) is 5.28. The molecule has 1 aliphatic heterocycles. The normalized spacial score (nSPS) is 16.4. The number of benzene rings is 2. The van der Waals surface area contributed by atoms with Gasteiger partial charge in [0.2, 0.25) is 10.0 Å². The number of rotatable bonds is 9. The monoisotopic (exact) mass is 567 g/mol. The smallest absolute Gasteiger partial charge is 0.250 e. The molecule has 2 aliphatic rings. The lowest BCUT2D eigenvalue weighted by Crippen LogP contribution is -2.44. The summed E-state index contributed by atoms with van der Waals surface area (Å²) >= 11 is 7.30. The molecule has 2 aromatic carbocycles. The predicted molar refractivity (Wildman–Crippen MR) is 149 cm³/mol. The number of ether oxygens (including phenoxy) is 1. The molecule has 1 N–H and O–H groups in total. The molecule has 0 bridgehead atoms. The number of hydrogen-bond acceptors (Lipinski definition) is 7. The highest BCUT2D eigenvalue weighted by Gasteiger charge is 2.45. The molecule has 38 heavy (non-hydrogen) atoms. The molecule has 1 saturated carbocycles. The first-order chi connectivity index (χ1) is 18.4. The van der Waals surface area contributed by atoms with E-state index in [0.717, 1.165) is 64.7 Å². The minimum absolute atomic E-state index is 0.0977. The standard InChI is InChI=1S/C28H26ClN3O4S2/c29-21-5-3-20(4-6-21)28(12-1-13-28)27-23-18-22(7-2-19(23)10-14-30-27)35-17-15-31-38(33,34)26-9-8-25(37-26)24-11-16-36-32-24/h2-9,11,16,18,31H,1,10,12-15,17H2. The van der Waals surface area contributed by atoms with E-state index in [4.69, 9.17) is 25.9 Å². The van der Waals surface area contributed by atoms with Gasteiger partial charge in [-0.15, -0.1) is 11.3 Å². The maximum absolute atomic E-state index is 12.7. The Bertz CT molecular complexity index is 1570. The van der Waals surface area contributed by atoms with Gasteiger partial charge in [-0.2, -0.15) is 0 Å². The summed E-state index contributed by atoms with van der Waals surface area (Å²) in [5, 5.41) is 4.59. The van der Waals surface area contributed by atoms with Crippen molar-refractivity contribution in [1.82, 2.24) is 9.88 Å². The van der Waals surface area contributed by atoms with Crippen LogP contribution < -0.4 is 9.46 Å². The lowest BCUT2D eigenvalue weighted by atomic mass is 9.59. The van der Waals surface area contributed by atoms with E-state index in [0.29, 0.717) is 11.4 Å². The van der Waals surface area contributed by atoms with E-state index in [-0.39, 0.29) is 22.8 Å². The van der Waals surface area contributed by atoms with Crippen LogP contribution in [0.4, 0.5) is 0 Å². The first kappa shape index (κ1) is 25.3. The van der Waals surface area contributed by atoms with Crippen molar-refractivity contribution in [3.63, 3.8) is 0 Å². The van der Waals surface area contributed by atoms with E-state index in [1.54, 1.807) is 18.2 Å². The molecule has 0 unspecified atom stereocenters. The van der Waals surface area contributed by atoms with Crippen LogP contribution in [0.2, 0.25) is 5.02 Å². The minimum atomic E-state index is -3.66. The topological polar surface area (TPSA) is 93.8 Å². The molecule has 2 aromatic heterocycles. The van der Waals surface area contributed by atoms with Crippen LogP contribution in [-0.4, -0.2) is 39.0 Å². The van der Waals surface area contributed by atoms with E-state index >= 15 is 0 Å². The van der Waals surface area contributed by atoms with E-state index in [2.05, 4.69) is 34.1 Å². The van der Waals surface area contributed by atoms with Gasteiger partial charge in [0.05, 0.1) is 10.6 Å². The third-order valence-electron chi connectivity index (χ3n) is 7.24. The molecule has 196 valence electrons. The summed E-state index contributed by atoms with van der Waals surface area (Å²) in [6, 6.07) is 19.2. The second-order valence-corrected chi connectivity index (χ2v) is 13.0. The molecule has 6 rings (SSSR count). The number of nitrogens with zero attached hydrogens (tertiary/aromatic N) is 2. The summed E-state index contributed by atoms with van der Waals surface area (Å²) in [4.78, 5) is 5.74. The maximum Gasteiger partial charge on any atom is 0.250 e. The zero-order valence-corrected chi connectivity index (χ0v) is 22.9. The average molecular weight is 568 g/mol. The van der Waals surface area contributed by atoms with Crippen molar-refractivity contribution in [3.8, 4) is 16.3 Å². The fraction of sp³-hybridized carbons (Fsp3) is 0.286. The molecule has 0 spiro atoms. The quantitative estimate of drug-likeness (QED) is 0.255. The third-order valence-corrected chi connectivity index (χ3v) is 10.6. The highest BCUT2D eigenvalue weighted by molar-refractivity contribution is 7.91. The number of aromatic nitrogens is 1. The minimum Gasteiger partial charge on any atom is -0.492 e. The summed E-state index contributed by atoms with van der Waals surface area (Å²) in [5.74, 6) is 0.701. The van der Waals surface area contributed by atoms with Crippen molar-refractivity contribution in [1.29, 1.82) is 0 Å². The number of aliphatic imine (C=N–C) groups is 1. The molecular weight excluding hydrogens is 542 g/mol. The Hall–Kier alpha value is -2.98. The van der Waals surface area contributed by atoms with Gasteiger partial charge in [-0.3, -0.25) is 4.99 Å². The van der Waals surface area contributed by atoms with Crippen molar-refractivity contribution in [3.05, 3.63) is 88.6 Å². The lowest BCUT2D eigenvalue weighted by molar-refractivity contribution is 0.322. The van der Waals surface area contributed by atoms with E-state index in [1.165, 1.54) is 17.4 Å². The van der Waals surface area contributed by atoms with Crippen LogP contribution >= 0.6 is 22.9 Å². The molecule has 10 heteroatoms. The number of fused-ring (bicyclic) bond motifs is 1. The number of sulfonamides is 1. The predicted octanol–water partition coefficient (Wildman–Crippen LogP) is 5.88. The van der Waals surface area contributed by atoms with Crippen molar-refractivity contribution < 1.29 is 17.7 Å². The number of thiophene rings is 1. The second-order valence-electron chi connectivity index (χ2n) is 9.49. The van der Waals surface area contributed by atoms with Crippen molar-refractivity contribution in [2.45, 2.75) is 35.3 Å². The van der Waals surface area contributed by atoms with Crippen LogP contribution in [0.1, 0.15) is 36.0 Å². The fourth-order valence-corrected chi connectivity index (χ4v) is 7.64. The molecule has 0 amide bonds. The van der Waals surface area contributed by atoms with Crippen LogP contribution in [0.15, 0.2) is 80.7 Å². The van der Waals surface area contributed by atoms with Gasteiger partial charge in [0.15, 0.2) is 0 Å². The summed E-state index contributed by atoms with van der Waals surface area (Å²) in [7, 11) is -3.66. The summed E-state index contributed by atoms with van der Waals surface area (Å²) in [6.07, 6.45) is 5.63. The molecule has 1 aliphatic carbocycles. The number of nitrogens with one attached hydrogen (secondary N) is 1. The SMILES string of the molecule is O=S(=O)(NCCOc1ccc2c(c1)C(C1(c3ccc(Cl)cc3)CCC1)=NCC2)c1ccc(-c2ccon2)s1. The molecule has 3 heterocycles. The fourth-order valence-electron chi connectivity index (χ4n) is 5.19. The summed E-state index contributed by atoms with van der Waals surface area (Å²) in [6.45, 7) is 1.13. The number of hydrogen-bond donors (Lipinski definition) is 1. The Balaban J connectivity index is 1.13. The van der Waals surface area contributed by atoms with Gasteiger partial charge in [0, 0.05) is 35.2 Å². The van der Waals surface area contributed by atoms with Gasteiger partial charge in [-0.1, -0.05) is 41.4 Å². The molecule has 0 saturated heterocycles. The summed E-state index contributed by atoms with van der Waals surface area (Å²) < 4.78 is 39.2. The van der Waals surface area contributed by atoms with Crippen molar-refractivity contribution in [2.24, 2.45) is 4.99 Å². The van der Waals surface area contributed by atoms with Crippen LogP contribution in [0.25, 0.3) is 10.6 Å². The second kappa shape index (κ2) is 10.3. The van der Waals surface area contributed by atoms with Gasteiger partial charge in [0.1, 0.15) is 28.5 Å². The van der Waals surface area contributed by atoms with Gasteiger partial charge in [0.25, 0.3) is 0 Å². The first-order valence-electron chi connectivity index (χ1n) is 12.5. The Morgan fingerprint density at radius 1 is 1.08 bits per heavy atom. The zero-order valence-electron chi connectivity index (χ0n) is 20.5. The largest absolute Gasteiger partial charge is 0.492 e. The highest BCUT2D eigenvalue weighted by Crippen LogP contribution is 2.48. The van der Waals surface area contributed by atoms with Crippen molar-refractivity contribution in [2.75, 3.05) is 19.7 Å². The molecule has 1 fully saturated rings. The molecule has 0 atom stereocenters. The highest BCUT2D eigenvalue weighted by atomic mass is 35.5. The van der Waals surface area contributed by atoms with Gasteiger partial charge in [-0.05, 0) is 66.8 Å². The first-order valence-corrected chi connectivity index (χ1v) is 15.2. The van der Waals surface area contributed by atoms with Gasteiger partial charge < -0.3 is 9.26 Å². The molecule has 7 nitrogen and oxygen atoms in total. The van der Waals surface area contributed by atoms with Crippen molar-refractivity contribution >= 4 is 38.7 Å². The Morgan fingerprint density at radius 2 is 1.92 bits per heavy atom. The van der Waals surface area contributed by atoms with Crippen LogP contribution in [0.3, 0.4) is 0 Å². The molecule has 0 radical (unpaired) electrons. The van der Waals surface area contributed by atoms with Crippen LogP contribution in [0, 0.1) is 0 Å². The van der Waals surface area contributed by atoms with Gasteiger partial charge in [-0.25, -0.2) is 13.1 Å². The Morgan fingerprint density at radius 3 is 2.66 bits per heavy atom. The molecule has 4 aromatic rings. The van der Waals surface area contributed by atoms with E-state index in [9.17, 15) is 8.42 Å².